The lowest BCUT2D eigenvalue weighted by molar-refractivity contribution is -0.352. The highest BCUT2D eigenvalue weighted by molar-refractivity contribution is 5.90. The fourth-order valence-electron chi connectivity index (χ4n) is 6.47. The second-order valence-corrected chi connectivity index (χ2v) is 13.7. The number of carboxylic acids is 1. The Morgan fingerprint density at radius 2 is 1.43 bits per heavy atom. The molecule has 0 aromatic heterocycles. The summed E-state index contributed by atoms with van der Waals surface area (Å²) in [4.78, 5) is 22.7. The highest BCUT2D eigenvalue weighted by atomic mass is 16.8. The summed E-state index contributed by atoms with van der Waals surface area (Å²) in [7, 11) is 0. The number of phenolic OH excluding ortho intramolecular Hbond substituents is 3. The van der Waals surface area contributed by atoms with Crippen LogP contribution in [-0.4, -0.2) is 184 Å². The monoisotopic (exact) mass is 830 g/mol. The molecule has 58 heavy (non-hydrogen) atoms. The number of carboxylic acid groups (broad SMARTS) is 1. The molecule has 4 aliphatic rings. The fraction of sp³-hybridized carbons (Fsp3) is 0.543. The minimum atomic E-state index is -1.98. The molecule has 3 fully saturated rings. The van der Waals surface area contributed by atoms with Gasteiger partial charge in [-0.15, -0.1) is 0 Å². The maximum Gasteiger partial charge on any atom is 0.317 e. The Hall–Kier alpha value is -4.60. The lowest BCUT2D eigenvalue weighted by Gasteiger charge is -2.45. The molecule has 0 bridgehead atoms. The smallest absolute Gasteiger partial charge is 0.317 e. The van der Waals surface area contributed by atoms with E-state index < -0.39 is 148 Å². The van der Waals surface area contributed by atoms with E-state index in [1.807, 2.05) is 0 Å². The highest BCUT2D eigenvalue weighted by Crippen LogP contribution is 2.46. The summed E-state index contributed by atoms with van der Waals surface area (Å²) in [6.45, 7) is -2.14. The number of aliphatic hydroxyl groups excluding tert-OH is 9. The molecule has 2 aromatic rings. The molecule has 0 radical (unpaired) electrons. The first kappa shape index (κ1) is 43.0. The van der Waals surface area contributed by atoms with E-state index in [2.05, 4.69) is 0 Å². The Morgan fingerprint density at radius 3 is 2.12 bits per heavy atom. The van der Waals surface area contributed by atoms with Gasteiger partial charge < -0.3 is 104 Å². The predicted molar refractivity (Wildman–Crippen MR) is 181 cm³/mol. The zero-order valence-corrected chi connectivity index (χ0v) is 29.8. The summed E-state index contributed by atoms with van der Waals surface area (Å²) >= 11 is 0. The van der Waals surface area contributed by atoms with Crippen molar-refractivity contribution in [3.63, 3.8) is 0 Å². The van der Waals surface area contributed by atoms with Gasteiger partial charge >= 0.3 is 11.9 Å². The van der Waals surface area contributed by atoms with Crippen molar-refractivity contribution in [1.82, 2.24) is 0 Å². The number of aromatic hydroxyl groups is 3. The number of carbonyl (C=O) groups excluding carboxylic acids is 1. The third-order valence-electron chi connectivity index (χ3n) is 9.62. The van der Waals surface area contributed by atoms with E-state index in [0.717, 1.165) is 24.3 Å². The molecule has 1 unspecified atom stereocenters. The quantitative estimate of drug-likeness (QED) is 0.0547. The van der Waals surface area contributed by atoms with Crippen LogP contribution in [0.4, 0.5) is 0 Å². The van der Waals surface area contributed by atoms with E-state index in [4.69, 9.17) is 43.0 Å². The third kappa shape index (κ3) is 9.01. The molecule has 23 nitrogen and oxygen atoms in total. The van der Waals surface area contributed by atoms with Crippen LogP contribution in [-0.2, 0) is 38.0 Å². The number of hydrogen-bond donors (Lipinski definition) is 13. The van der Waals surface area contributed by atoms with Crippen molar-refractivity contribution in [3.8, 4) is 28.7 Å². The highest BCUT2D eigenvalue weighted by Gasteiger charge is 2.51. The number of benzene rings is 2. The van der Waals surface area contributed by atoms with Gasteiger partial charge in [-0.05, 0) is 18.2 Å². The maximum atomic E-state index is 11.8. The lowest BCUT2D eigenvalue weighted by atomic mass is 9.97. The molecule has 6 rings (SSSR count). The number of rotatable bonds is 12. The largest absolute Gasteiger partial charge is 0.508 e. The van der Waals surface area contributed by atoms with Gasteiger partial charge in [0.15, 0.2) is 30.0 Å². The van der Waals surface area contributed by atoms with Crippen molar-refractivity contribution in [3.05, 3.63) is 47.2 Å². The van der Waals surface area contributed by atoms with Crippen LogP contribution < -0.4 is 9.47 Å². The van der Waals surface area contributed by atoms with Crippen molar-refractivity contribution in [1.29, 1.82) is 0 Å². The number of aliphatic hydroxyl groups is 9. The van der Waals surface area contributed by atoms with Gasteiger partial charge in [-0.2, -0.15) is 0 Å². The molecule has 15 atom stereocenters. The number of ether oxygens (including phenoxy) is 8. The van der Waals surface area contributed by atoms with Crippen LogP contribution in [0.1, 0.15) is 23.7 Å². The molecule has 0 saturated carbocycles. The van der Waals surface area contributed by atoms with E-state index in [9.17, 15) is 70.9 Å². The van der Waals surface area contributed by atoms with E-state index in [-0.39, 0.29) is 28.4 Å². The van der Waals surface area contributed by atoms with Crippen LogP contribution in [0.25, 0.3) is 6.08 Å². The van der Waals surface area contributed by atoms with Gasteiger partial charge in [-0.1, -0.05) is 6.07 Å². The molecule has 0 aliphatic carbocycles. The summed E-state index contributed by atoms with van der Waals surface area (Å²) in [5.74, 6) is -5.08. The van der Waals surface area contributed by atoms with Gasteiger partial charge in [0.05, 0.1) is 18.8 Å². The Balaban J connectivity index is 1.35. The van der Waals surface area contributed by atoms with Crippen LogP contribution >= 0.6 is 0 Å². The average Bonchev–Trinajstić information content (AvgIpc) is 3.17. The molecule has 3 saturated heterocycles. The van der Waals surface area contributed by atoms with E-state index in [1.54, 1.807) is 0 Å². The van der Waals surface area contributed by atoms with Crippen LogP contribution in [0.5, 0.6) is 28.7 Å². The summed E-state index contributed by atoms with van der Waals surface area (Å²) in [5, 5.41) is 134. The Labute approximate surface area is 326 Å². The SMILES string of the molecule is O=C(O)CC(=O)OC[C@H]1O[C@@H](Oc2cc(O)cc3c2C=C(O[C@@H]2O[C@H](CO)[C@@H](O)[C@@H](O)[C@@H]2O[C@H]2OC[C@@H](O)[C@@H](O)[C@H]2O)C(c2ccc(O)c(O)c2)O3)[C@@H](O)[C@@H](O)[C@@H]1O. The molecule has 320 valence electrons. The van der Waals surface area contributed by atoms with Gasteiger partial charge in [-0.3, -0.25) is 9.59 Å². The second kappa shape index (κ2) is 17.7. The van der Waals surface area contributed by atoms with Crippen LogP contribution in [0.15, 0.2) is 36.1 Å². The van der Waals surface area contributed by atoms with Gasteiger partial charge in [0.1, 0.15) is 97.1 Å². The summed E-state index contributed by atoms with van der Waals surface area (Å²) in [6, 6.07) is 5.66. The first-order valence-corrected chi connectivity index (χ1v) is 17.6. The molecule has 4 aliphatic heterocycles. The normalized spacial score (nSPS) is 36.2. The molecule has 13 N–H and O–H groups in total. The van der Waals surface area contributed by atoms with Crippen molar-refractivity contribution in [2.24, 2.45) is 0 Å². The van der Waals surface area contributed by atoms with Gasteiger partial charge in [-0.25, -0.2) is 0 Å². The number of esters is 1. The third-order valence-corrected chi connectivity index (χ3v) is 9.62. The Morgan fingerprint density at radius 1 is 0.741 bits per heavy atom. The predicted octanol–water partition coefficient (Wildman–Crippen LogP) is -4.24. The second-order valence-electron chi connectivity index (χ2n) is 13.7. The minimum absolute atomic E-state index is 0.0800. The first-order chi connectivity index (χ1) is 27.5. The van der Waals surface area contributed by atoms with Crippen LogP contribution in [0, 0.1) is 0 Å². The summed E-state index contributed by atoms with van der Waals surface area (Å²) < 4.78 is 45.4. The molecular weight excluding hydrogens is 788 g/mol. The summed E-state index contributed by atoms with van der Waals surface area (Å²) in [5.41, 5.74) is 0.0146. The molecular formula is C35H42O23. The average molecular weight is 831 g/mol. The number of hydrogen-bond acceptors (Lipinski definition) is 22. The standard InChI is InChI=1S/C35H42O23/c36-8-20-25(45)28(48)32(58-33-29(49)24(44)16(40)9-52-33)35(56-20)55-19-6-13-17(53-31(19)11-1-2-14(38)15(39)3-11)4-12(37)5-18(13)54-34-30(50)27(47)26(46)21(57-34)10-51-23(43)7-22(41)42/h1-6,16,20-21,24-40,44-50H,7-10H2,(H,41,42)/t16-,20-,21-,24-,25-,26-,27+,28-,29-,30+,31?,32+,33-,34-,35-/m1/s1. The molecule has 0 spiro atoms. The maximum absolute atomic E-state index is 11.8. The molecule has 23 heteroatoms. The van der Waals surface area contributed by atoms with Crippen LogP contribution in [0.2, 0.25) is 0 Å². The topological polar surface area (TPSA) is 371 Å². The first-order valence-electron chi connectivity index (χ1n) is 17.6. The van der Waals surface area contributed by atoms with Crippen molar-refractivity contribution < 1.29 is 114 Å². The number of fused-ring (bicyclic) bond motifs is 1. The Kier molecular flexibility index (Phi) is 13.1. The van der Waals surface area contributed by atoms with E-state index >= 15 is 0 Å². The van der Waals surface area contributed by atoms with Gasteiger partial charge in [0, 0.05) is 17.7 Å². The number of aliphatic carboxylic acids is 1. The number of carbonyl (C=O) groups is 2. The molecule has 4 heterocycles. The molecule has 0 amide bonds. The van der Waals surface area contributed by atoms with Crippen molar-refractivity contribution >= 4 is 18.0 Å². The fourth-order valence-corrected chi connectivity index (χ4v) is 6.47. The summed E-state index contributed by atoms with van der Waals surface area (Å²) in [6.07, 6.45) is -26.1. The number of phenols is 3. The Bertz CT molecular complexity index is 1820. The lowest BCUT2D eigenvalue weighted by Crippen LogP contribution is -2.63. The molecule has 2 aromatic carbocycles. The van der Waals surface area contributed by atoms with Crippen molar-refractivity contribution in [2.45, 2.75) is 98.5 Å². The van der Waals surface area contributed by atoms with Gasteiger partial charge in [0.2, 0.25) is 12.6 Å². The zero-order chi connectivity index (χ0) is 42.2. The van der Waals surface area contributed by atoms with Crippen molar-refractivity contribution in [2.75, 3.05) is 19.8 Å². The zero-order valence-electron chi connectivity index (χ0n) is 29.8. The van der Waals surface area contributed by atoms with E-state index in [1.165, 1.54) is 12.1 Å². The minimum Gasteiger partial charge on any atom is -0.508 e. The van der Waals surface area contributed by atoms with Gasteiger partial charge in [0.25, 0.3) is 0 Å². The van der Waals surface area contributed by atoms with E-state index in [0.29, 0.717) is 0 Å². The van der Waals surface area contributed by atoms with Crippen LogP contribution in [0.3, 0.4) is 0 Å².